The van der Waals surface area contributed by atoms with Gasteiger partial charge in [-0.05, 0) is 47.5 Å². The van der Waals surface area contributed by atoms with E-state index in [1.807, 2.05) is 0 Å². The van der Waals surface area contributed by atoms with Crippen LogP contribution < -0.4 is 9.62 Å². The number of nitrogens with one attached hydrogen (secondary N) is 1. The Balaban J connectivity index is 1.84. The fraction of sp³-hybridized carbons (Fsp3) is 0.259. The van der Waals surface area contributed by atoms with Crippen molar-refractivity contribution in [2.75, 3.05) is 23.7 Å². The van der Waals surface area contributed by atoms with Crippen LogP contribution in [0.4, 0.5) is 14.5 Å². The van der Waals surface area contributed by atoms with E-state index >= 15 is 0 Å². The second kappa shape index (κ2) is 12.3. The van der Waals surface area contributed by atoms with E-state index in [-0.39, 0.29) is 12.2 Å². The van der Waals surface area contributed by atoms with Gasteiger partial charge in [0.05, 0.1) is 30.1 Å². The molecule has 218 valence electrons. The van der Waals surface area contributed by atoms with Crippen molar-refractivity contribution < 1.29 is 37.0 Å². The molecule has 1 aliphatic heterocycles. The number of amides is 1. The number of nitrogens with zero attached hydrogens (tertiary/aromatic N) is 2. The molecule has 3 N–H and O–H groups in total. The van der Waals surface area contributed by atoms with Gasteiger partial charge >= 0.3 is 5.97 Å². The molecule has 3 unspecified atom stereocenters. The van der Waals surface area contributed by atoms with E-state index in [0.717, 1.165) is 22.7 Å². The zero-order chi connectivity index (χ0) is 30.1. The van der Waals surface area contributed by atoms with E-state index in [4.69, 9.17) is 28.3 Å². The zero-order valence-electron chi connectivity index (χ0n) is 21.4. The number of carboxylic acids is 1. The topological polar surface area (TPSA) is 127 Å². The van der Waals surface area contributed by atoms with Crippen LogP contribution in [-0.4, -0.2) is 72.9 Å². The van der Waals surface area contributed by atoms with Gasteiger partial charge < -0.3 is 15.5 Å². The van der Waals surface area contributed by atoms with E-state index in [9.17, 15) is 31.9 Å². The van der Waals surface area contributed by atoms with Crippen molar-refractivity contribution in [2.45, 2.75) is 24.2 Å². The molecule has 1 heterocycles. The Hall–Kier alpha value is -3.29. The highest BCUT2D eigenvalue weighted by Gasteiger charge is 2.53. The molecule has 0 spiro atoms. The molecular formula is C27H25Cl2F2N3O6S. The predicted octanol–water partition coefficient (Wildman–Crippen LogP) is 3.44. The summed E-state index contributed by atoms with van der Waals surface area (Å²) in [6.07, 6.45) is -1.11. The first-order valence-corrected chi connectivity index (χ1v) is 14.8. The van der Waals surface area contributed by atoms with Crippen LogP contribution in [0.3, 0.4) is 0 Å². The first-order valence-electron chi connectivity index (χ1n) is 12.2. The summed E-state index contributed by atoms with van der Waals surface area (Å²) in [4.78, 5) is 25.6. The Morgan fingerprint density at radius 3 is 1.93 bits per heavy atom. The third kappa shape index (κ3) is 6.96. The Morgan fingerprint density at radius 2 is 1.49 bits per heavy atom. The van der Waals surface area contributed by atoms with E-state index in [2.05, 4.69) is 5.32 Å². The molecule has 0 aromatic heterocycles. The Kier molecular flexibility index (Phi) is 9.19. The third-order valence-corrected chi connectivity index (χ3v) is 8.34. The van der Waals surface area contributed by atoms with Crippen LogP contribution in [0, 0.1) is 11.6 Å². The van der Waals surface area contributed by atoms with Crippen molar-refractivity contribution in [2.24, 2.45) is 0 Å². The van der Waals surface area contributed by atoms with Crippen molar-refractivity contribution in [3.63, 3.8) is 0 Å². The number of aliphatic hydroxyl groups excluding tert-OH is 1. The molecular weight excluding hydrogens is 603 g/mol. The number of halogens is 4. The van der Waals surface area contributed by atoms with E-state index in [1.54, 1.807) is 53.4 Å². The molecule has 1 saturated heterocycles. The summed E-state index contributed by atoms with van der Waals surface area (Å²) >= 11 is 12.2. The van der Waals surface area contributed by atoms with Gasteiger partial charge in [0, 0.05) is 22.7 Å². The summed E-state index contributed by atoms with van der Waals surface area (Å²) < 4.78 is 55.1. The van der Waals surface area contributed by atoms with Crippen LogP contribution in [0.2, 0.25) is 10.0 Å². The van der Waals surface area contributed by atoms with Crippen molar-refractivity contribution in [3.05, 3.63) is 99.5 Å². The smallest absolute Gasteiger partial charge is 0.322 e. The summed E-state index contributed by atoms with van der Waals surface area (Å²) in [6, 6.07) is 12.5. The molecule has 3 aromatic rings. The van der Waals surface area contributed by atoms with Crippen LogP contribution in [-0.2, 0) is 19.6 Å². The Labute approximate surface area is 245 Å². The first-order chi connectivity index (χ1) is 19.3. The van der Waals surface area contributed by atoms with Gasteiger partial charge in [-0.25, -0.2) is 17.2 Å². The van der Waals surface area contributed by atoms with Crippen LogP contribution in [0.15, 0.2) is 66.7 Å². The summed E-state index contributed by atoms with van der Waals surface area (Å²) in [5.74, 6) is -4.49. The molecule has 41 heavy (non-hydrogen) atoms. The second-order valence-electron chi connectivity index (χ2n) is 9.50. The second-order valence-corrected chi connectivity index (χ2v) is 12.2. The average Bonchev–Trinajstić information content (AvgIpc) is 2.86. The monoisotopic (exact) mass is 627 g/mol. The number of aliphatic carboxylic acids is 1. The number of hydrogen-bond donors (Lipinski definition) is 3. The van der Waals surface area contributed by atoms with Crippen LogP contribution in [0.5, 0.6) is 0 Å². The molecule has 4 rings (SSSR count). The number of likely N-dealkylation sites (tertiary alicyclic amines) is 1. The van der Waals surface area contributed by atoms with Gasteiger partial charge in [0.2, 0.25) is 10.0 Å². The number of anilines is 1. The zero-order valence-corrected chi connectivity index (χ0v) is 23.7. The molecule has 3 atom stereocenters. The molecule has 1 fully saturated rings. The highest BCUT2D eigenvalue weighted by molar-refractivity contribution is 7.92. The number of hydrogen-bond acceptors (Lipinski definition) is 6. The first kappa shape index (κ1) is 30.7. The molecule has 0 bridgehead atoms. The van der Waals surface area contributed by atoms with Gasteiger partial charge in [0.1, 0.15) is 24.3 Å². The SMILES string of the molecule is CS(=O)(=O)N(c1cc(F)cc(F)c1)C1CN(C(c2ccc(Cl)cc2)c2ccc(Cl)cc2)C1C(O)C(=O)NCC(=O)O. The van der Waals surface area contributed by atoms with Gasteiger partial charge in [-0.15, -0.1) is 0 Å². The molecule has 0 radical (unpaired) electrons. The number of sulfonamides is 1. The van der Waals surface area contributed by atoms with Gasteiger partial charge in [-0.2, -0.15) is 0 Å². The number of benzene rings is 3. The molecule has 0 saturated carbocycles. The lowest BCUT2D eigenvalue weighted by Gasteiger charge is -2.56. The number of aliphatic hydroxyl groups is 1. The van der Waals surface area contributed by atoms with Crippen LogP contribution >= 0.6 is 23.2 Å². The predicted molar refractivity (Wildman–Crippen MR) is 149 cm³/mol. The summed E-state index contributed by atoms with van der Waals surface area (Å²) in [5, 5.41) is 23.2. The Morgan fingerprint density at radius 1 is 1.00 bits per heavy atom. The fourth-order valence-corrected chi connectivity index (χ4v) is 6.42. The summed E-state index contributed by atoms with van der Waals surface area (Å²) in [5.41, 5.74) is 0.995. The standard InChI is InChI=1S/C27H25Cl2F2N3O6S/c1-41(39,40)34(21-11-19(30)10-20(31)12-21)22-14-33(25(22)26(37)27(38)32-13-23(35)36)24(15-2-6-17(28)7-3-15)16-4-8-18(29)9-5-16/h2-12,22,24-26,37H,13-14H2,1H3,(H,32,38)(H,35,36). The number of carbonyl (C=O) groups excluding carboxylic acids is 1. The van der Waals surface area contributed by atoms with Crippen LogP contribution in [0.1, 0.15) is 17.2 Å². The maximum Gasteiger partial charge on any atom is 0.322 e. The lowest BCUT2D eigenvalue weighted by atomic mass is 9.84. The minimum atomic E-state index is -4.22. The van der Waals surface area contributed by atoms with Crippen molar-refractivity contribution in [1.29, 1.82) is 0 Å². The normalized spacial score (nSPS) is 18.0. The highest BCUT2D eigenvalue weighted by Crippen LogP contribution is 2.42. The average molecular weight is 628 g/mol. The van der Waals surface area contributed by atoms with E-state index < -0.39 is 64.3 Å². The van der Waals surface area contributed by atoms with E-state index in [0.29, 0.717) is 27.2 Å². The minimum Gasteiger partial charge on any atom is -0.480 e. The lowest BCUT2D eigenvalue weighted by Crippen LogP contribution is -2.73. The lowest BCUT2D eigenvalue weighted by molar-refractivity contribution is -0.143. The summed E-state index contributed by atoms with van der Waals surface area (Å²) in [6.45, 7) is -0.884. The van der Waals surface area contributed by atoms with Crippen molar-refractivity contribution in [3.8, 4) is 0 Å². The maximum absolute atomic E-state index is 14.2. The molecule has 1 aliphatic rings. The van der Waals surface area contributed by atoms with Crippen molar-refractivity contribution in [1.82, 2.24) is 10.2 Å². The molecule has 3 aromatic carbocycles. The fourth-order valence-electron chi connectivity index (χ4n) is 4.99. The highest BCUT2D eigenvalue weighted by atomic mass is 35.5. The van der Waals surface area contributed by atoms with Gasteiger partial charge in [-0.3, -0.25) is 18.8 Å². The van der Waals surface area contributed by atoms with Gasteiger partial charge in [0.25, 0.3) is 5.91 Å². The summed E-state index contributed by atoms with van der Waals surface area (Å²) in [7, 11) is -4.22. The molecule has 9 nitrogen and oxygen atoms in total. The van der Waals surface area contributed by atoms with Crippen LogP contribution in [0.25, 0.3) is 0 Å². The number of carboxylic acid groups (broad SMARTS) is 1. The number of carbonyl (C=O) groups is 2. The van der Waals surface area contributed by atoms with Crippen molar-refractivity contribution >= 4 is 50.8 Å². The largest absolute Gasteiger partial charge is 0.480 e. The number of rotatable bonds is 10. The molecule has 0 aliphatic carbocycles. The molecule has 14 heteroatoms. The minimum absolute atomic E-state index is 0.0882. The van der Waals surface area contributed by atoms with E-state index in [1.165, 1.54) is 0 Å². The van der Waals surface area contributed by atoms with Gasteiger partial charge in [0.15, 0.2) is 0 Å². The maximum atomic E-state index is 14.2. The Bertz CT molecular complexity index is 1480. The third-order valence-electron chi connectivity index (χ3n) is 6.64. The van der Waals surface area contributed by atoms with Gasteiger partial charge in [-0.1, -0.05) is 47.5 Å². The quantitative estimate of drug-likeness (QED) is 0.314. The molecule has 1 amide bonds.